The normalized spacial score (nSPS) is 25.4. The van der Waals surface area contributed by atoms with E-state index in [2.05, 4.69) is 85.4 Å². The fourth-order valence-corrected chi connectivity index (χ4v) is 7.54. The summed E-state index contributed by atoms with van der Waals surface area (Å²) in [6.45, 7) is 8.72. The first-order chi connectivity index (χ1) is 19.4. The molecule has 4 aromatic carbocycles. The lowest BCUT2D eigenvalue weighted by Gasteiger charge is -2.62. The summed E-state index contributed by atoms with van der Waals surface area (Å²) in [6.07, 6.45) is 1.76. The third-order valence-electron chi connectivity index (χ3n) is 10.2. The van der Waals surface area contributed by atoms with Gasteiger partial charge in [-0.3, -0.25) is 0 Å². The quantitative estimate of drug-likeness (QED) is 0.241. The molecule has 6 nitrogen and oxygen atoms in total. The number of benzene rings is 4. The van der Waals surface area contributed by atoms with Gasteiger partial charge in [0.1, 0.15) is 11.3 Å². The van der Waals surface area contributed by atoms with Gasteiger partial charge < -0.3 is 31.5 Å². The molecule has 0 atom stereocenters. The lowest BCUT2D eigenvalue weighted by Crippen LogP contribution is -2.63. The van der Waals surface area contributed by atoms with E-state index in [1.807, 2.05) is 24.3 Å². The molecule has 7 rings (SSSR count). The Morgan fingerprint density at radius 1 is 0.525 bits per heavy atom. The van der Waals surface area contributed by atoms with Crippen LogP contribution in [0.15, 0.2) is 60.7 Å². The highest BCUT2D eigenvalue weighted by Crippen LogP contribution is 2.52. The minimum absolute atomic E-state index is 0.196. The molecule has 4 aromatic rings. The molecule has 0 saturated heterocycles. The van der Waals surface area contributed by atoms with Crippen LogP contribution in [0.4, 0.5) is 22.7 Å². The van der Waals surface area contributed by atoms with Gasteiger partial charge in [0.2, 0.25) is 0 Å². The summed E-state index contributed by atoms with van der Waals surface area (Å²) in [5.74, 6) is -1.15. The molecule has 2 heterocycles. The van der Waals surface area contributed by atoms with Crippen LogP contribution in [0.2, 0.25) is 0 Å². The second-order valence-corrected chi connectivity index (χ2v) is 11.9. The Kier molecular flexibility index (Phi) is 5.74. The van der Waals surface area contributed by atoms with E-state index in [1.54, 1.807) is 0 Å². The minimum Gasteiger partial charge on any atom is -0.851 e. The Labute approximate surface area is 236 Å². The number of nitrogens with one attached hydrogen (secondary N) is 4. The average Bonchev–Trinajstić information content (AvgIpc) is 2.99. The van der Waals surface area contributed by atoms with Crippen molar-refractivity contribution in [1.29, 1.82) is 0 Å². The van der Waals surface area contributed by atoms with Crippen LogP contribution >= 0.6 is 0 Å². The van der Waals surface area contributed by atoms with E-state index in [4.69, 9.17) is 0 Å². The van der Waals surface area contributed by atoms with E-state index in [1.165, 1.54) is 0 Å². The van der Waals surface area contributed by atoms with Gasteiger partial charge in [-0.1, -0.05) is 64.1 Å². The van der Waals surface area contributed by atoms with Crippen LogP contribution in [-0.4, -0.2) is 23.5 Å². The Morgan fingerprint density at radius 3 is 1.23 bits per heavy atom. The van der Waals surface area contributed by atoms with Crippen molar-refractivity contribution >= 4 is 44.3 Å². The van der Waals surface area contributed by atoms with Crippen molar-refractivity contribution in [2.45, 2.75) is 88.7 Å². The predicted molar refractivity (Wildman–Crippen MR) is 162 cm³/mol. The van der Waals surface area contributed by atoms with Crippen LogP contribution in [0, 0.1) is 0 Å². The Bertz CT molecular complexity index is 1470. The van der Waals surface area contributed by atoms with E-state index >= 15 is 0 Å². The predicted octanol–water partition coefficient (Wildman–Crippen LogP) is 6.04. The summed E-state index contributed by atoms with van der Waals surface area (Å²) in [4.78, 5) is 0. The van der Waals surface area contributed by atoms with E-state index in [0.29, 0.717) is 0 Å². The molecule has 1 aliphatic carbocycles. The molecule has 1 fully saturated rings. The summed E-state index contributed by atoms with van der Waals surface area (Å²) in [5, 5.41) is 47.0. The highest BCUT2D eigenvalue weighted by Gasteiger charge is 2.41. The molecule has 2 aliphatic heterocycles. The van der Waals surface area contributed by atoms with E-state index in [-0.39, 0.29) is 11.3 Å². The van der Waals surface area contributed by atoms with Crippen LogP contribution in [0.25, 0.3) is 21.5 Å². The Hall–Kier alpha value is -3.48. The molecule has 0 spiro atoms. The van der Waals surface area contributed by atoms with E-state index < -0.39 is 24.0 Å². The lowest BCUT2D eigenvalue weighted by atomic mass is 9.62. The number of rotatable bonds is 6. The maximum absolute atomic E-state index is 14.0. The second kappa shape index (κ2) is 9.02. The molecular weight excluding hydrogens is 496 g/mol. The van der Waals surface area contributed by atoms with Gasteiger partial charge in [-0.2, -0.15) is 0 Å². The van der Waals surface area contributed by atoms with Crippen molar-refractivity contribution in [3.05, 3.63) is 71.8 Å². The third kappa shape index (κ3) is 3.42. The number of anilines is 4. The summed E-state index contributed by atoms with van der Waals surface area (Å²) in [6, 6.07) is 20.6. The van der Waals surface area contributed by atoms with Crippen molar-refractivity contribution in [2.24, 2.45) is 0 Å². The smallest absolute Gasteiger partial charge is 0.107 e. The molecule has 208 valence electrons. The Morgan fingerprint density at radius 2 is 0.875 bits per heavy atom. The van der Waals surface area contributed by atoms with Gasteiger partial charge in [0.25, 0.3) is 0 Å². The van der Waals surface area contributed by atoms with Gasteiger partial charge in [0.05, 0.1) is 0 Å². The molecular formula is C34H38N4O2-2. The van der Waals surface area contributed by atoms with Gasteiger partial charge in [-0.25, -0.2) is 0 Å². The highest BCUT2D eigenvalue weighted by molar-refractivity contribution is 6.08. The van der Waals surface area contributed by atoms with Crippen molar-refractivity contribution < 1.29 is 10.2 Å². The van der Waals surface area contributed by atoms with Crippen LogP contribution in [-0.2, 0) is 0 Å². The molecule has 0 radical (unpaired) electrons. The zero-order chi connectivity index (χ0) is 27.8. The molecule has 0 aromatic heterocycles. The van der Waals surface area contributed by atoms with Gasteiger partial charge in [0, 0.05) is 33.5 Å². The minimum atomic E-state index is -0.999. The summed E-state index contributed by atoms with van der Waals surface area (Å²) in [7, 11) is 0. The molecule has 0 amide bonds. The Balaban J connectivity index is 1.26. The molecule has 40 heavy (non-hydrogen) atoms. The fourth-order valence-electron chi connectivity index (χ4n) is 7.54. The number of hydrogen-bond acceptors (Lipinski definition) is 6. The van der Waals surface area contributed by atoms with E-state index in [9.17, 15) is 10.2 Å². The highest BCUT2D eigenvalue weighted by atomic mass is 16.3. The van der Waals surface area contributed by atoms with Gasteiger partial charge in [-0.05, 0) is 83.7 Å². The lowest BCUT2D eigenvalue weighted by molar-refractivity contribution is -0.535. The summed E-state index contributed by atoms with van der Waals surface area (Å²) < 4.78 is 0. The topological polar surface area (TPSA) is 94.2 Å². The number of hydrogen-bond donors (Lipinski definition) is 4. The summed E-state index contributed by atoms with van der Waals surface area (Å²) in [5.41, 5.74) is 5.63. The zero-order valence-electron chi connectivity index (χ0n) is 23.7. The second-order valence-electron chi connectivity index (χ2n) is 11.9. The largest absolute Gasteiger partial charge is 0.851 e. The van der Waals surface area contributed by atoms with Crippen LogP contribution in [0.5, 0.6) is 0 Å². The molecule has 4 N–H and O–H groups in total. The van der Waals surface area contributed by atoms with Crippen LogP contribution in [0.3, 0.4) is 0 Å². The molecule has 0 unspecified atom stereocenters. The van der Waals surface area contributed by atoms with Crippen molar-refractivity contribution in [1.82, 2.24) is 0 Å². The monoisotopic (exact) mass is 534 g/mol. The molecule has 1 saturated carbocycles. The third-order valence-corrected chi connectivity index (χ3v) is 10.2. The van der Waals surface area contributed by atoms with Gasteiger partial charge >= 0.3 is 0 Å². The van der Waals surface area contributed by atoms with Crippen molar-refractivity contribution in [3.8, 4) is 0 Å². The van der Waals surface area contributed by atoms with Crippen molar-refractivity contribution in [3.63, 3.8) is 0 Å². The van der Waals surface area contributed by atoms with Crippen LogP contribution < -0.4 is 31.5 Å². The van der Waals surface area contributed by atoms with Crippen molar-refractivity contribution in [2.75, 3.05) is 21.3 Å². The molecule has 0 bridgehead atoms. The standard InChI is InChI=1S/C34H38N4O2/c1-5-33(6-2)35-23-13-9-11-19-21(15-17-25(37-33)27(19)23)29-31(39)30(32(29)40)22-16-18-26-28-20(22)12-10-14-24(28)36-34(7-3,8-4)38-26/h9-18,29-32,35-38H,5-8H2,1-4H3/q-2. The fraction of sp³-hybridized carbons (Fsp3) is 0.412. The SMILES string of the molecule is CCC1(CC)Nc2cccc3c(C4C([O-])C(c5ccc6c7c(cccc57)NC(CC)(CC)N6)C4[O-])ccc(c23)N1. The first-order valence-corrected chi connectivity index (χ1v) is 14.9. The molecule has 6 heteroatoms. The zero-order valence-corrected chi connectivity index (χ0v) is 23.7. The average molecular weight is 535 g/mol. The van der Waals surface area contributed by atoms with Crippen LogP contribution in [0.1, 0.15) is 76.3 Å². The summed E-state index contributed by atoms with van der Waals surface area (Å²) >= 11 is 0. The first-order valence-electron chi connectivity index (χ1n) is 14.9. The molecule has 3 aliphatic rings. The first kappa shape index (κ1) is 25.5. The van der Waals surface area contributed by atoms with Gasteiger partial charge in [-0.15, -0.1) is 12.2 Å². The van der Waals surface area contributed by atoms with Gasteiger partial charge in [0.15, 0.2) is 0 Å². The maximum Gasteiger partial charge on any atom is 0.107 e. The maximum atomic E-state index is 14.0. The van der Waals surface area contributed by atoms with E-state index in [0.717, 1.165) is 81.1 Å².